The van der Waals surface area contributed by atoms with Crippen LogP contribution in [0.1, 0.15) is 30.0 Å². The topological polar surface area (TPSA) is 69.9 Å². The van der Waals surface area contributed by atoms with Crippen molar-refractivity contribution in [3.8, 4) is 0 Å². The zero-order valence-corrected chi connectivity index (χ0v) is 20.1. The highest BCUT2D eigenvalue weighted by Gasteiger charge is 2.45. The average Bonchev–Trinajstić information content (AvgIpc) is 3.37. The van der Waals surface area contributed by atoms with Crippen LogP contribution < -0.4 is 5.73 Å². The maximum absolute atomic E-state index is 13.5. The Balaban J connectivity index is 1.36. The van der Waals surface area contributed by atoms with E-state index >= 15 is 0 Å². The van der Waals surface area contributed by atoms with Gasteiger partial charge in [0.25, 0.3) is 0 Å². The molecular weight excluding hydrogens is 495 g/mol. The smallest absolute Gasteiger partial charge is 0.341 e. The van der Waals surface area contributed by atoms with Gasteiger partial charge < -0.3 is 15.5 Å². The number of piperazine rings is 1. The van der Waals surface area contributed by atoms with Crippen LogP contribution in [0.4, 0.5) is 22.0 Å². The SMILES string of the molecule is NC(CC(=O)N1CCN(C(c2ccc(F)cc2)c2ccc(F)cc2)CC1)C(=O)N1CCC(C(F)(F)F)C1. The molecule has 37 heavy (non-hydrogen) atoms. The predicted octanol–water partition coefficient (Wildman–Crippen LogP) is 3.33. The second-order valence-corrected chi connectivity index (χ2v) is 9.54. The Morgan fingerprint density at radius 2 is 1.35 bits per heavy atom. The predicted molar refractivity (Wildman–Crippen MR) is 126 cm³/mol. The van der Waals surface area contributed by atoms with Gasteiger partial charge in [-0.3, -0.25) is 14.5 Å². The monoisotopic (exact) mass is 524 g/mol. The molecule has 200 valence electrons. The van der Waals surface area contributed by atoms with E-state index in [2.05, 4.69) is 4.90 Å². The molecule has 2 fully saturated rings. The molecule has 2 saturated heterocycles. The second kappa shape index (κ2) is 11.1. The van der Waals surface area contributed by atoms with Crippen molar-refractivity contribution < 1.29 is 31.5 Å². The zero-order chi connectivity index (χ0) is 26.7. The van der Waals surface area contributed by atoms with E-state index in [0.29, 0.717) is 26.2 Å². The molecule has 2 unspecified atom stereocenters. The van der Waals surface area contributed by atoms with Crippen LogP contribution in [-0.4, -0.2) is 78.0 Å². The van der Waals surface area contributed by atoms with Crippen LogP contribution in [0.15, 0.2) is 48.5 Å². The minimum Gasteiger partial charge on any atom is -0.341 e. The lowest BCUT2D eigenvalue weighted by atomic mass is 9.96. The number of likely N-dealkylation sites (tertiary alicyclic amines) is 1. The van der Waals surface area contributed by atoms with Gasteiger partial charge in [-0.15, -0.1) is 0 Å². The molecule has 2 aromatic carbocycles. The fourth-order valence-corrected chi connectivity index (χ4v) is 5.00. The van der Waals surface area contributed by atoms with Crippen LogP contribution in [-0.2, 0) is 9.59 Å². The Hall–Kier alpha value is -3.05. The van der Waals surface area contributed by atoms with Crippen molar-refractivity contribution in [2.45, 2.75) is 31.1 Å². The number of amides is 2. The third-order valence-electron chi connectivity index (χ3n) is 7.08. The summed E-state index contributed by atoms with van der Waals surface area (Å²) in [5.74, 6) is -3.29. The lowest BCUT2D eigenvalue weighted by molar-refractivity contribution is -0.171. The highest BCUT2D eigenvalue weighted by molar-refractivity contribution is 5.88. The molecule has 0 radical (unpaired) electrons. The van der Waals surface area contributed by atoms with Gasteiger partial charge in [-0.2, -0.15) is 13.2 Å². The van der Waals surface area contributed by atoms with Crippen LogP contribution in [0.25, 0.3) is 0 Å². The van der Waals surface area contributed by atoms with Crippen molar-refractivity contribution in [2.24, 2.45) is 11.7 Å². The Morgan fingerprint density at radius 1 is 0.838 bits per heavy atom. The third-order valence-corrected chi connectivity index (χ3v) is 7.08. The molecule has 2 heterocycles. The summed E-state index contributed by atoms with van der Waals surface area (Å²) >= 11 is 0. The van der Waals surface area contributed by atoms with E-state index in [0.717, 1.165) is 16.0 Å². The van der Waals surface area contributed by atoms with Crippen molar-refractivity contribution in [3.63, 3.8) is 0 Å². The summed E-state index contributed by atoms with van der Waals surface area (Å²) in [5, 5.41) is 0. The zero-order valence-electron chi connectivity index (χ0n) is 20.1. The molecule has 2 aliphatic rings. The number of halogens is 5. The van der Waals surface area contributed by atoms with Crippen LogP contribution in [0.2, 0.25) is 0 Å². The van der Waals surface area contributed by atoms with E-state index in [1.54, 1.807) is 29.2 Å². The highest BCUT2D eigenvalue weighted by Crippen LogP contribution is 2.34. The van der Waals surface area contributed by atoms with Crippen LogP contribution >= 0.6 is 0 Å². The number of nitrogens with two attached hydrogens (primary N) is 1. The largest absolute Gasteiger partial charge is 0.393 e. The number of nitrogens with zero attached hydrogens (tertiary/aromatic N) is 3. The number of alkyl halides is 3. The lowest BCUT2D eigenvalue weighted by Crippen LogP contribution is -2.52. The number of carbonyl (C=O) groups excluding carboxylic acids is 2. The maximum atomic E-state index is 13.5. The molecule has 2 aromatic rings. The highest BCUT2D eigenvalue weighted by atomic mass is 19.4. The van der Waals surface area contributed by atoms with E-state index in [1.807, 2.05) is 0 Å². The Kier molecular flexibility index (Phi) is 8.13. The summed E-state index contributed by atoms with van der Waals surface area (Å²) in [6.45, 7) is 1.16. The molecule has 11 heteroatoms. The van der Waals surface area contributed by atoms with Gasteiger partial charge in [0.05, 0.1) is 24.4 Å². The minimum atomic E-state index is -4.37. The van der Waals surface area contributed by atoms with Crippen molar-refractivity contribution in [1.82, 2.24) is 14.7 Å². The van der Waals surface area contributed by atoms with Crippen LogP contribution in [0.5, 0.6) is 0 Å². The standard InChI is InChI=1S/C26H29F5N4O2/c27-20-5-1-17(2-6-20)24(18-3-7-21(28)8-4-18)34-13-11-33(12-14-34)23(36)15-22(32)25(37)35-10-9-19(16-35)26(29,30)31/h1-8,19,22,24H,9-16,32H2. The first kappa shape index (κ1) is 27.0. The lowest BCUT2D eigenvalue weighted by Gasteiger charge is -2.40. The maximum Gasteiger partial charge on any atom is 0.393 e. The fraction of sp³-hybridized carbons (Fsp3) is 0.462. The molecular formula is C26H29F5N4O2. The molecule has 2 atom stereocenters. The van der Waals surface area contributed by atoms with Crippen molar-refractivity contribution in [3.05, 3.63) is 71.3 Å². The van der Waals surface area contributed by atoms with E-state index in [9.17, 15) is 31.5 Å². The van der Waals surface area contributed by atoms with Gasteiger partial charge >= 0.3 is 6.18 Å². The quantitative estimate of drug-likeness (QED) is 0.589. The summed E-state index contributed by atoms with van der Waals surface area (Å²) in [5.41, 5.74) is 7.56. The Labute approximate surface area is 211 Å². The summed E-state index contributed by atoms with van der Waals surface area (Å²) < 4.78 is 65.8. The second-order valence-electron chi connectivity index (χ2n) is 9.54. The first-order valence-corrected chi connectivity index (χ1v) is 12.2. The van der Waals surface area contributed by atoms with Crippen LogP contribution in [0, 0.1) is 17.6 Å². The molecule has 6 nitrogen and oxygen atoms in total. The first-order chi connectivity index (χ1) is 17.5. The molecule has 0 aliphatic carbocycles. The normalized spacial score (nSPS) is 19.9. The minimum absolute atomic E-state index is 0.0300. The Morgan fingerprint density at radius 3 is 1.81 bits per heavy atom. The number of benzene rings is 2. The van der Waals surface area contributed by atoms with Gasteiger partial charge in [-0.1, -0.05) is 24.3 Å². The summed E-state index contributed by atoms with van der Waals surface area (Å²) in [7, 11) is 0. The third kappa shape index (κ3) is 6.45. The van der Waals surface area contributed by atoms with Crippen LogP contribution in [0.3, 0.4) is 0 Å². The molecule has 2 amide bonds. The van der Waals surface area contributed by atoms with Crippen molar-refractivity contribution in [1.29, 1.82) is 0 Å². The number of rotatable bonds is 6. The summed E-state index contributed by atoms with van der Waals surface area (Å²) in [6.07, 6.45) is -4.82. The van der Waals surface area contributed by atoms with E-state index in [1.165, 1.54) is 24.3 Å². The molecule has 0 aromatic heterocycles. The van der Waals surface area contributed by atoms with Crippen molar-refractivity contribution >= 4 is 11.8 Å². The Bertz CT molecular complexity index is 1040. The van der Waals surface area contributed by atoms with Gasteiger partial charge in [0, 0.05) is 39.3 Å². The number of hydrogen-bond acceptors (Lipinski definition) is 4. The van der Waals surface area contributed by atoms with Gasteiger partial charge in [0.15, 0.2) is 0 Å². The average molecular weight is 525 g/mol. The molecule has 2 N–H and O–H groups in total. The van der Waals surface area contributed by atoms with E-state index in [4.69, 9.17) is 5.73 Å². The van der Waals surface area contributed by atoms with Gasteiger partial charge in [-0.05, 0) is 41.8 Å². The van der Waals surface area contributed by atoms with Gasteiger partial charge in [0.1, 0.15) is 11.6 Å². The van der Waals surface area contributed by atoms with E-state index in [-0.39, 0.29) is 43.0 Å². The molecule has 2 aliphatic heterocycles. The molecule has 0 spiro atoms. The molecule has 0 saturated carbocycles. The van der Waals surface area contributed by atoms with E-state index < -0.39 is 30.6 Å². The van der Waals surface area contributed by atoms with Gasteiger partial charge in [0.2, 0.25) is 11.8 Å². The molecule has 4 rings (SSSR count). The fourth-order valence-electron chi connectivity index (χ4n) is 5.00. The summed E-state index contributed by atoms with van der Waals surface area (Å²) in [6, 6.07) is 10.7. The van der Waals surface area contributed by atoms with Gasteiger partial charge in [-0.25, -0.2) is 8.78 Å². The number of carbonyl (C=O) groups is 2. The first-order valence-electron chi connectivity index (χ1n) is 12.2. The summed E-state index contributed by atoms with van der Waals surface area (Å²) in [4.78, 5) is 30.2. The molecule has 0 bridgehead atoms. The number of hydrogen-bond donors (Lipinski definition) is 1. The van der Waals surface area contributed by atoms with Crippen molar-refractivity contribution in [2.75, 3.05) is 39.3 Å².